The minimum absolute atomic E-state index is 0.0582. The van der Waals surface area contributed by atoms with Crippen LogP contribution in [-0.2, 0) is 5.41 Å². The monoisotopic (exact) mass is 333 g/mol. The summed E-state index contributed by atoms with van der Waals surface area (Å²) in [5.74, 6) is 0.406. The van der Waals surface area contributed by atoms with Crippen LogP contribution in [0, 0.1) is 0 Å². The molecule has 25 heavy (non-hydrogen) atoms. The molecule has 0 aromatic heterocycles. The van der Waals surface area contributed by atoms with E-state index in [4.69, 9.17) is 4.74 Å². The molecule has 0 spiro atoms. The summed E-state index contributed by atoms with van der Waals surface area (Å²) in [5.41, 5.74) is 2.40. The van der Waals surface area contributed by atoms with Crippen molar-refractivity contribution in [3.8, 4) is 5.75 Å². The molecule has 0 aliphatic carbocycles. The molecule has 0 saturated carbocycles. The quantitative estimate of drug-likeness (QED) is 0.697. The number of methoxy groups -OCH3 is 1. The summed E-state index contributed by atoms with van der Waals surface area (Å²) in [7, 11) is 1.59. The van der Waals surface area contributed by atoms with Crippen molar-refractivity contribution in [2.24, 2.45) is 0 Å². The first-order valence-corrected chi connectivity index (χ1v) is 8.38. The second-order valence-electron chi connectivity index (χ2n) is 7.15. The van der Waals surface area contributed by atoms with Crippen molar-refractivity contribution in [3.63, 3.8) is 0 Å². The number of amides is 1. The number of fused-ring (bicyclic) bond motifs is 1. The fraction of sp³-hybridized carbons (Fsp3) is 0.227. The normalized spacial score (nSPS) is 11.4. The number of nitrogens with one attached hydrogen (secondary N) is 1. The third-order valence-electron chi connectivity index (χ3n) is 4.30. The Morgan fingerprint density at radius 3 is 2.16 bits per heavy atom. The summed E-state index contributed by atoms with van der Waals surface area (Å²) in [4.78, 5) is 12.9. The lowest BCUT2D eigenvalue weighted by molar-refractivity contribution is 0.102. The molecule has 0 unspecified atom stereocenters. The van der Waals surface area contributed by atoms with Crippen LogP contribution in [0.3, 0.4) is 0 Å². The van der Waals surface area contributed by atoms with Crippen LogP contribution in [0.1, 0.15) is 36.7 Å². The van der Waals surface area contributed by atoms with E-state index in [0.29, 0.717) is 11.3 Å². The number of anilines is 1. The first kappa shape index (κ1) is 17.0. The minimum atomic E-state index is -0.167. The first-order chi connectivity index (χ1) is 11.9. The molecule has 0 saturated heterocycles. The maximum Gasteiger partial charge on any atom is 0.259 e. The van der Waals surface area contributed by atoms with Crippen LogP contribution in [0.2, 0.25) is 0 Å². The molecule has 0 bridgehead atoms. The van der Waals surface area contributed by atoms with E-state index in [9.17, 15) is 4.79 Å². The Kier molecular flexibility index (Phi) is 4.49. The SMILES string of the molecule is COc1cc2ccccc2cc1C(=O)Nc1ccccc1C(C)(C)C. The van der Waals surface area contributed by atoms with Gasteiger partial charge in [-0.2, -0.15) is 0 Å². The van der Waals surface area contributed by atoms with Gasteiger partial charge in [0.25, 0.3) is 5.91 Å². The van der Waals surface area contributed by atoms with Gasteiger partial charge in [-0.1, -0.05) is 63.2 Å². The summed E-state index contributed by atoms with van der Waals surface area (Å²) in [6, 6.07) is 19.6. The third kappa shape index (κ3) is 3.50. The van der Waals surface area contributed by atoms with E-state index in [-0.39, 0.29) is 11.3 Å². The Bertz CT molecular complexity index is 923. The summed E-state index contributed by atoms with van der Waals surface area (Å²) >= 11 is 0. The molecule has 1 N–H and O–H groups in total. The number of ether oxygens (including phenoxy) is 1. The topological polar surface area (TPSA) is 38.3 Å². The van der Waals surface area contributed by atoms with E-state index < -0.39 is 0 Å². The predicted octanol–water partition coefficient (Wildman–Crippen LogP) is 5.40. The van der Waals surface area contributed by atoms with Gasteiger partial charge in [-0.25, -0.2) is 0 Å². The van der Waals surface area contributed by atoms with Crippen molar-refractivity contribution >= 4 is 22.4 Å². The van der Waals surface area contributed by atoms with Gasteiger partial charge in [0.05, 0.1) is 12.7 Å². The van der Waals surface area contributed by atoms with Crippen LogP contribution in [0.5, 0.6) is 5.75 Å². The fourth-order valence-electron chi connectivity index (χ4n) is 3.00. The van der Waals surface area contributed by atoms with Gasteiger partial charge in [-0.3, -0.25) is 4.79 Å². The highest BCUT2D eigenvalue weighted by atomic mass is 16.5. The second kappa shape index (κ2) is 6.60. The second-order valence-corrected chi connectivity index (χ2v) is 7.15. The third-order valence-corrected chi connectivity index (χ3v) is 4.30. The average molecular weight is 333 g/mol. The summed E-state index contributed by atoms with van der Waals surface area (Å²) in [5, 5.41) is 5.11. The number of carbonyl (C=O) groups is 1. The Balaban J connectivity index is 2.01. The number of hydrogen-bond donors (Lipinski definition) is 1. The zero-order valence-corrected chi connectivity index (χ0v) is 15.1. The van der Waals surface area contributed by atoms with E-state index in [1.54, 1.807) is 7.11 Å². The van der Waals surface area contributed by atoms with Crippen LogP contribution in [0.15, 0.2) is 60.7 Å². The summed E-state index contributed by atoms with van der Waals surface area (Å²) < 4.78 is 5.45. The lowest BCUT2D eigenvalue weighted by Gasteiger charge is -2.23. The van der Waals surface area contributed by atoms with Gasteiger partial charge in [0.15, 0.2) is 0 Å². The van der Waals surface area contributed by atoms with E-state index in [1.807, 2.05) is 60.7 Å². The molecule has 1 amide bonds. The molecule has 0 aliphatic heterocycles. The fourth-order valence-corrected chi connectivity index (χ4v) is 3.00. The zero-order chi connectivity index (χ0) is 18.0. The number of carbonyl (C=O) groups excluding carboxylic acids is 1. The molecule has 3 heteroatoms. The summed E-state index contributed by atoms with van der Waals surface area (Å²) in [6.45, 7) is 6.40. The number of para-hydroxylation sites is 1. The molecule has 3 nitrogen and oxygen atoms in total. The highest BCUT2D eigenvalue weighted by molar-refractivity contribution is 6.09. The van der Waals surface area contributed by atoms with Gasteiger partial charge in [0.1, 0.15) is 5.75 Å². The lowest BCUT2D eigenvalue weighted by Crippen LogP contribution is -2.19. The molecule has 3 aromatic rings. The minimum Gasteiger partial charge on any atom is -0.496 e. The largest absolute Gasteiger partial charge is 0.496 e. The molecule has 0 fully saturated rings. The van der Waals surface area contributed by atoms with Gasteiger partial charge in [-0.15, -0.1) is 0 Å². The van der Waals surface area contributed by atoms with Gasteiger partial charge >= 0.3 is 0 Å². The van der Waals surface area contributed by atoms with E-state index in [1.165, 1.54) is 0 Å². The number of hydrogen-bond acceptors (Lipinski definition) is 2. The molecule has 3 rings (SSSR count). The Labute approximate surface area is 148 Å². The summed E-state index contributed by atoms with van der Waals surface area (Å²) in [6.07, 6.45) is 0. The smallest absolute Gasteiger partial charge is 0.259 e. The van der Waals surface area contributed by atoms with E-state index >= 15 is 0 Å². The van der Waals surface area contributed by atoms with Crippen molar-refractivity contribution in [1.29, 1.82) is 0 Å². The molecule has 0 heterocycles. The number of rotatable bonds is 3. The van der Waals surface area contributed by atoms with Crippen LogP contribution in [0.4, 0.5) is 5.69 Å². The van der Waals surface area contributed by atoms with Crippen molar-refractivity contribution < 1.29 is 9.53 Å². The van der Waals surface area contributed by atoms with Crippen LogP contribution < -0.4 is 10.1 Å². The van der Waals surface area contributed by atoms with Crippen molar-refractivity contribution in [2.45, 2.75) is 26.2 Å². The maximum atomic E-state index is 12.9. The average Bonchev–Trinajstić information content (AvgIpc) is 2.60. The lowest BCUT2D eigenvalue weighted by atomic mass is 9.86. The van der Waals surface area contributed by atoms with Gasteiger partial charge < -0.3 is 10.1 Å². The van der Waals surface area contributed by atoms with E-state index in [0.717, 1.165) is 22.0 Å². The zero-order valence-electron chi connectivity index (χ0n) is 15.1. The van der Waals surface area contributed by atoms with Crippen LogP contribution in [0.25, 0.3) is 10.8 Å². The molecule has 128 valence electrons. The molecular formula is C22H23NO2. The van der Waals surface area contributed by atoms with Crippen molar-refractivity contribution in [2.75, 3.05) is 12.4 Å². The highest BCUT2D eigenvalue weighted by Crippen LogP contribution is 2.31. The highest BCUT2D eigenvalue weighted by Gasteiger charge is 2.20. The first-order valence-electron chi connectivity index (χ1n) is 8.38. The van der Waals surface area contributed by atoms with E-state index in [2.05, 4.69) is 26.1 Å². The maximum absolute atomic E-state index is 12.9. The van der Waals surface area contributed by atoms with Crippen LogP contribution >= 0.6 is 0 Å². The molecule has 0 aliphatic rings. The Morgan fingerprint density at radius 2 is 1.52 bits per heavy atom. The van der Waals surface area contributed by atoms with Crippen molar-refractivity contribution in [3.05, 3.63) is 71.8 Å². The van der Waals surface area contributed by atoms with Crippen LogP contribution in [-0.4, -0.2) is 13.0 Å². The standard InChI is InChI=1S/C22H23NO2/c1-22(2,3)18-11-7-8-12-19(18)23-21(24)17-13-15-9-5-6-10-16(15)14-20(17)25-4/h5-14H,1-4H3,(H,23,24). The Hall–Kier alpha value is -2.81. The van der Waals surface area contributed by atoms with Gasteiger partial charge in [0, 0.05) is 5.69 Å². The molecule has 0 atom stereocenters. The Morgan fingerprint density at radius 1 is 0.920 bits per heavy atom. The molecule has 3 aromatic carbocycles. The van der Waals surface area contributed by atoms with Crippen molar-refractivity contribution in [1.82, 2.24) is 0 Å². The van der Waals surface area contributed by atoms with Gasteiger partial charge in [0.2, 0.25) is 0 Å². The number of benzene rings is 3. The predicted molar refractivity (Wildman–Crippen MR) is 104 cm³/mol. The molecular weight excluding hydrogens is 310 g/mol. The van der Waals surface area contributed by atoms with Gasteiger partial charge in [-0.05, 0) is 39.9 Å². The molecule has 0 radical (unpaired) electrons.